The Morgan fingerprint density at radius 1 is 1.24 bits per heavy atom. The Balaban J connectivity index is 2.16. The van der Waals surface area contributed by atoms with Crippen LogP contribution in [0.4, 0.5) is 5.69 Å². The van der Waals surface area contributed by atoms with Crippen LogP contribution in [0.5, 0.6) is 0 Å². The van der Waals surface area contributed by atoms with Gasteiger partial charge in [0.05, 0.1) is 0 Å². The van der Waals surface area contributed by atoms with E-state index in [-0.39, 0.29) is 0 Å². The highest BCUT2D eigenvalue weighted by Crippen LogP contribution is 2.30. The van der Waals surface area contributed by atoms with Gasteiger partial charge < -0.3 is 10.2 Å². The van der Waals surface area contributed by atoms with Crippen LogP contribution in [0.2, 0.25) is 0 Å². The Kier molecular flexibility index (Phi) is 6.10. The van der Waals surface area contributed by atoms with Gasteiger partial charge in [-0.25, -0.2) is 0 Å². The first-order valence-corrected chi connectivity index (χ1v) is 8.62. The number of hydrogen-bond acceptors (Lipinski definition) is 2. The highest BCUT2D eigenvalue weighted by molar-refractivity contribution is 5.52. The van der Waals surface area contributed by atoms with Gasteiger partial charge in [0.1, 0.15) is 0 Å². The molecule has 0 bridgehead atoms. The summed E-state index contributed by atoms with van der Waals surface area (Å²) in [6.07, 6.45) is 6.83. The van der Waals surface area contributed by atoms with Crippen LogP contribution in [0, 0.1) is 12.8 Å². The summed E-state index contributed by atoms with van der Waals surface area (Å²) >= 11 is 0. The molecule has 1 aromatic carbocycles. The van der Waals surface area contributed by atoms with E-state index < -0.39 is 0 Å². The van der Waals surface area contributed by atoms with Crippen LogP contribution < -0.4 is 10.2 Å². The first-order valence-electron chi connectivity index (χ1n) is 8.62. The van der Waals surface area contributed by atoms with E-state index in [0.29, 0.717) is 0 Å². The normalized spacial score (nSPS) is 15.9. The Labute approximate surface area is 130 Å². The van der Waals surface area contributed by atoms with Gasteiger partial charge in [0, 0.05) is 24.8 Å². The number of nitrogens with one attached hydrogen (secondary N) is 1. The number of hydrogen-bond donors (Lipinski definition) is 1. The first kappa shape index (κ1) is 16.4. The van der Waals surface area contributed by atoms with Gasteiger partial charge in [-0.05, 0) is 62.4 Å². The minimum atomic E-state index is 0.762. The standard InChI is InChI=1S/C19H32N2/c1-15(2)11-12-21(18-7-5-6-8-18)19-10-9-17(14-20-4)16(3)13-19/h9-10,13,15,18,20H,5-8,11-12,14H2,1-4H3. The van der Waals surface area contributed by atoms with Crippen LogP contribution in [0.3, 0.4) is 0 Å². The fourth-order valence-electron chi connectivity index (χ4n) is 3.38. The predicted molar refractivity (Wildman–Crippen MR) is 93.0 cm³/mol. The predicted octanol–water partition coefficient (Wildman–Crippen LogP) is 4.51. The molecule has 2 rings (SSSR count). The second-order valence-electron chi connectivity index (χ2n) is 6.96. The van der Waals surface area contributed by atoms with Gasteiger partial charge in [-0.3, -0.25) is 0 Å². The van der Waals surface area contributed by atoms with Gasteiger partial charge in [0.25, 0.3) is 0 Å². The van der Waals surface area contributed by atoms with Crippen LogP contribution >= 0.6 is 0 Å². The van der Waals surface area contributed by atoms with Gasteiger partial charge in [-0.1, -0.05) is 32.8 Å². The molecule has 0 saturated heterocycles. The Morgan fingerprint density at radius 3 is 2.52 bits per heavy atom. The molecule has 1 aliphatic rings. The smallest absolute Gasteiger partial charge is 0.0371 e. The molecule has 2 heteroatoms. The highest BCUT2D eigenvalue weighted by atomic mass is 15.2. The highest BCUT2D eigenvalue weighted by Gasteiger charge is 2.23. The molecule has 2 nitrogen and oxygen atoms in total. The molecule has 0 spiro atoms. The molecule has 0 unspecified atom stereocenters. The van der Waals surface area contributed by atoms with E-state index in [4.69, 9.17) is 0 Å². The van der Waals surface area contributed by atoms with Gasteiger partial charge >= 0.3 is 0 Å². The lowest BCUT2D eigenvalue weighted by molar-refractivity contribution is 0.528. The van der Waals surface area contributed by atoms with Crippen LogP contribution in [-0.2, 0) is 6.54 Å². The van der Waals surface area contributed by atoms with E-state index in [1.807, 2.05) is 7.05 Å². The third-order valence-corrected chi connectivity index (χ3v) is 4.74. The summed E-state index contributed by atoms with van der Waals surface area (Å²) < 4.78 is 0. The Bertz CT molecular complexity index is 433. The maximum absolute atomic E-state index is 3.26. The van der Waals surface area contributed by atoms with Crippen molar-refractivity contribution in [3.63, 3.8) is 0 Å². The van der Waals surface area contributed by atoms with Crippen molar-refractivity contribution >= 4 is 5.69 Å². The number of benzene rings is 1. The molecule has 0 aromatic heterocycles. The van der Waals surface area contributed by atoms with E-state index >= 15 is 0 Å². The monoisotopic (exact) mass is 288 g/mol. The molecule has 1 aliphatic carbocycles. The van der Waals surface area contributed by atoms with E-state index in [0.717, 1.165) is 18.5 Å². The third kappa shape index (κ3) is 4.47. The Hall–Kier alpha value is -1.02. The van der Waals surface area contributed by atoms with Crippen molar-refractivity contribution in [2.45, 2.75) is 65.5 Å². The fourth-order valence-corrected chi connectivity index (χ4v) is 3.38. The van der Waals surface area contributed by atoms with E-state index in [9.17, 15) is 0 Å². The molecule has 1 fully saturated rings. The second-order valence-corrected chi connectivity index (χ2v) is 6.96. The van der Waals surface area contributed by atoms with Crippen molar-refractivity contribution in [1.29, 1.82) is 0 Å². The maximum atomic E-state index is 3.26. The average molecular weight is 288 g/mol. The fraction of sp³-hybridized carbons (Fsp3) is 0.684. The zero-order valence-electron chi connectivity index (χ0n) is 14.3. The molecule has 1 aromatic rings. The summed E-state index contributed by atoms with van der Waals surface area (Å²) in [5, 5.41) is 3.26. The van der Waals surface area contributed by atoms with Gasteiger partial charge in [-0.15, -0.1) is 0 Å². The van der Waals surface area contributed by atoms with E-state index in [1.54, 1.807) is 0 Å². The molecule has 118 valence electrons. The molecule has 0 amide bonds. The third-order valence-electron chi connectivity index (χ3n) is 4.74. The number of anilines is 1. The number of aryl methyl sites for hydroxylation is 1. The average Bonchev–Trinajstić information content (AvgIpc) is 2.96. The minimum absolute atomic E-state index is 0.762. The molecule has 0 radical (unpaired) electrons. The van der Waals surface area contributed by atoms with Crippen molar-refractivity contribution in [3.8, 4) is 0 Å². The molecule has 1 saturated carbocycles. The van der Waals surface area contributed by atoms with Crippen LogP contribution in [-0.4, -0.2) is 19.6 Å². The first-order chi connectivity index (χ1) is 10.1. The molecule has 21 heavy (non-hydrogen) atoms. The lowest BCUT2D eigenvalue weighted by Crippen LogP contribution is -2.34. The zero-order valence-corrected chi connectivity index (χ0v) is 14.3. The molecule has 0 atom stereocenters. The summed E-state index contributed by atoms with van der Waals surface area (Å²) in [7, 11) is 2.01. The van der Waals surface area contributed by atoms with Gasteiger partial charge in [-0.2, -0.15) is 0 Å². The summed E-state index contributed by atoms with van der Waals surface area (Å²) in [5.41, 5.74) is 4.26. The van der Waals surface area contributed by atoms with E-state index in [1.165, 1.54) is 55.5 Å². The zero-order chi connectivity index (χ0) is 15.2. The summed E-state index contributed by atoms with van der Waals surface area (Å²) in [6.45, 7) is 9.06. The maximum Gasteiger partial charge on any atom is 0.0371 e. The Morgan fingerprint density at radius 2 is 1.95 bits per heavy atom. The largest absolute Gasteiger partial charge is 0.369 e. The molecule has 0 heterocycles. The number of rotatable bonds is 7. The lowest BCUT2D eigenvalue weighted by Gasteiger charge is -2.32. The van der Waals surface area contributed by atoms with Crippen molar-refractivity contribution in [2.75, 3.05) is 18.5 Å². The van der Waals surface area contributed by atoms with Crippen LogP contribution in [0.25, 0.3) is 0 Å². The van der Waals surface area contributed by atoms with Crippen molar-refractivity contribution in [3.05, 3.63) is 29.3 Å². The summed E-state index contributed by atoms with van der Waals surface area (Å²) in [6, 6.07) is 7.79. The van der Waals surface area contributed by atoms with Crippen molar-refractivity contribution in [1.82, 2.24) is 5.32 Å². The molecular weight excluding hydrogens is 256 g/mol. The topological polar surface area (TPSA) is 15.3 Å². The summed E-state index contributed by atoms with van der Waals surface area (Å²) in [4.78, 5) is 2.68. The van der Waals surface area contributed by atoms with Gasteiger partial charge in [0.15, 0.2) is 0 Å². The lowest BCUT2D eigenvalue weighted by atomic mass is 10.0. The minimum Gasteiger partial charge on any atom is -0.369 e. The molecule has 0 aliphatic heterocycles. The second kappa shape index (κ2) is 7.84. The molecular formula is C19H32N2. The number of nitrogens with zero attached hydrogens (tertiary/aromatic N) is 1. The van der Waals surface area contributed by atoms with Gasteiger partial charge in [0.2, 0.25) is 0 Å². The van der Waals surface area contributed by atoms with Crippen LogP contribution in [0.1, 0.15) is 57.1 Å². The quantitative estimate of drug-likeness (QED) is 0.794. The van der Waals surface area contributed by atoms with Crippen molar-refractivity contribution < 1.29 is 0 Å². The SMILES string of the molecule is CNCc1ccc(N(CCC(C)C)C2CCCC2)cc1C. The molecule has 1 N–H and O–H groups in total. The van der Waals surface area contributed by atoms with E-state index in [2.05, 4.69) is 49.2 Å². The summed E-state index contributed by atoms with van der Waals surface area (Å²) in [5.74, 6) is 0.776. The van der Waals surface area contributed by atoms with Crippen molar-refractivity contribution in [2.24, 2.45) is 5.92 Å². The van der Waals surface area contributed by atoms with Crippen LogP contribution in [0.15, 0.2) is 18.2 Å².